The highest BCUT2D eigenvalue weighted by atomic mass is 32.1. The summed E-state index contributed by atoms with van der Waals surface area (Å²) in [5.74, 6) is 0. The third kappa shape index (κ3) is 3.42. The Morgan fingerprint density at radius 2 is 1.75 bits per heavy atom. The summed E-state index contributed by atoms with van der Waals surface area (Å²) < 4.78 is 2.32. The Balaban J connectivity index is 1.69. The number of nitrogens with one attached hydrogen (secondary N) is 1. The van der Waals surface area contributed by atoms with Gasteiger partial charge in [-0.15, -0.1) is 0 Å². The zero-order chi connectivity index (χ0) is 19.5. The number of para-hydroxylation sites is 1. The maximum absolute atomic E-state index is 5.94. The number of benzene rings is 1. The number of aromatic nitrogens is 2. The molecule has 0 fully saturated rings. The summed E-state index contributed by atoms with van der Waals surface area (Å²) in [5.41, 5.74) is 6.26. The molecule has 1 aliphatic heterocycles. The van der Waals surface area contributed by atoms with Crippen LogP contribution in [-0.4, -0.2) is 26.1 Å². The van der Waals surface area contributed by atoms with Crippen molar-refractivity contribution in [3.05, 3.63) is 83.4 Å². The molecular formula is C23H26N4S. The Morgan fingerprint density at radius 3 is 2.43 bits per heavy atom. The molecular weight excluding hydrogens is 364 g/mol. The van der Waals surface area contributed by atoms with Crippen LogP contribution in [0.4, 0.5) is 5.69 Å². The number of nitrogens with zero attached hydrogens (tertiary/aromatic N) is 3. The normalized spacial score (nSPS) is 15.9. The van der Waals surface area contributed by atoms with Gasteiger partial charge in [0.15, 0.2) is 5.11 Å². The van der Waals surface area contributed by atoms with Crippen LogP contribution in [0.5, 0.6) is 0 Å². The van der Waals surface area contributed by atoms with Crippen LogP contribution in [0.2, 0.25) is 0 Å². The summed E-state index contributed by atoms with van der Waals surface area (Å²) in [4.78, 5) is 6.50. The highest BCUT2D eigenvalue weighted by molar-refractivity contribution is 7.80. The SMILES string of the molecule is CCc1cccc(CC)c1NC(=S)N1CCn2cccc2[C@@H]1c1ccncc1. The van der Waals surface area contributed by atoms with E-state index in [0.29, 0.717) is 0 Å². The summed E-state index contributed by atoms with van der Waals surface area (Å²) in [6.07, 6.45) is 7.82. The van der Waals surface area contributed by atoms with Crippen molar-refractivity contribution in [3.63, 3.8) is 0 Å². The van der Waals surface area contributed by atoms with Gasteiger partial charge in [0.05, 0.1) is 6.04 Å². The highest BCUT2D eigenvalue weighted by Crippen LogP contribution is 2.33. The Labute approximate surface area is 172 Å². The number of hydrogen-bond donors (Lipinski definition) is 1. The van der Waals surface area contributed by atoms with Gasteiger partial charge in [0.2, 0.25) is 0 Å². The predicted octanol–water partition coefficient (Wildman–Crippen LogP) is 4.81. The maximum atomic E-state index is 5.94. The van der Waals surface area contributed by atoms with Crippen molar-refractivity contribution in [3.8, 4) is 0 Å². The van der Waals surface area contributed by atoms with Crippen LogP contribution in [0.1, 0.15) is 42.3 Å². The second kappa shape index (κ2) is 8.15. The summed E-state index contributed by atoms with van der Waals surface area (Å²) >= 11 is 5.94. The van der Waals surface area contributed by atoms with Crippen molar-refractivity contribution in [1.29, 1.82) is 0 Å². The fraction of sp³-hybridized carbons (Fsp3) is 0.304. The van der Waals surface area contributed by atoms with Crippen LogP contribution in [0.15, 0.2) is 61.1 Å². The molecule has 1 atom stereocenters. The molecule has 0 amide bonds. The van der Waals surface area contributed by atoms with E-state index in [-0.39, 0.29) is 6.04 Å². The minimum Gasteiger partial charge on any atom is -0.348 e. The molecule has 0 aliphatic carbocycles. The molecule has 28 heavy (non-hydrogen) atoms. The lowest BCUT2D eigenvalue weighted by molar-refractivity contribution is 0.293. The molecule has 144 valence electrons. The van der Waals surface area contributed by atoms with E-state index in [4.69, 9.17) is 12.2 Å². The van der Waals surface area contributed by atoms with Crippen LogP contribution in [-0.2, 0) is 19.4 Å². The van der Waals surface area contributed by atoms with Crippen molar-refractivity contribution in [2.45, 2.75) is 39.3 Å². The van der Waals surface area contributed by atoms with Crippen LogP contribution in [0.3, 0.4) is 0 Å². The Bertz CT molecular complexity index is 941. The predicted molar refractivity (Wildman–Crippen MR) is 119 cm³/mol. The smallest absolute Gasteiger partial charge is 0.174 e. The molecule has 3 heterocycles. The minimum absolute atomic E-state index is 0.0885. The van der Waals surface area contributed by atoms with Crippen LogP contribution >= 0.6 is 12.2 Å². The zero-order valence-electron chi connectivity index (χ0n) is 16.4. The fourth-order valence-electron chi connectivity index (χ4n) is 4.08. The molecule has 0 radical (unpaired) electrons. The van der Waals surface area contributed by atoms with Gasteiger partial charge in [-0.2, -0.15) is 0 Å². The van der Waals surface area contributed by atoms with Gasteiger partial charge in [0.25, 0.3) is 0 Å². The van der Waals surface area contributed by atoms with Gasteiger partial charge >= 0.3 is 0 Å². The quantitative estimate of drug-likeness (QED) is 0.648. The van der Waals surface area contributed by atoms with E-state index in [9.17, 15) is 0 Å². The summed E-state index contributed by atoms with van der Waals surface area (Å²) in [6.45, 7) is 6.19. The van der Waals surface area contributed by atoms with Crippen molar-refractivity contribution in [1.82, 2.24) is 14.5 Å². The van der Waals surface area contributed by atoms with Gasteiger partial charge < -0.3 is 14.8 Å². The van der Waals surface area contributed by atoms with Gasteiger partial charge in [0.1, 0.15) is 0 Å². The molecule has 3 aromatic rings. The third-order valence-corrected chi connectivity index (χ3v) is 5.89. The van der Waals surface area contributed by atoms with E-state index >= 15 is 0 Å². The molecule has 0 saturated heterocycles. The number of aryl methyl sites for hydroxylation is 2. The molecule has 4 nitrogen and oxygen atoms in total. The summed E-state index contributed by atoms with van der Waals surface area (Å²) in [6, 6.07) is 15.1. The van der Waals surface area contributed by atoms with E-state index < -0.39 is 0 Å². The summed E-state index contributed by atoms with van der Waals surface area (Å²) in [7, 11) is 0. The standard InChI is InChI=1S/C23H26N4S/c1-3-17-7-5-8-18(4-2)21(17)25-23(28)27-16-15-26-14-6-9-20(26)22(27)19-10-12-24-13-11-19/h5-14,22H,3-4,15-16H2,1-2H3,(H,25,28)/t22-/m0/s1. The first-order valence-electron chi connectivity index (χ1n) is 9.96. The van der Waals surface area contributed by atoms with Crippen molar-refractivity contribution in [2.75, 3.05) is 11.9 Å². The lowest BCUT2D eigenvalue weighted by atomic mass is 10.0. The molecule has 2 aromatic heterocycles. The summed E-state index contributed by atoms with van der Waals surface area (Å²) in [5, 5.41) is 4.39. The second-order valence-electron chi connectivity index (χ2n) is 7.09. The molecule has 0 spiro atoms. The average molecular weight is 391 g/mol. The molecule has 5 heteroatoms. The monoisotopic (exact) mass is 390 g/mol. The van der Waals surface area contributed by atoms with Gasteiger partial charge in [-0.05, 0) is 66.0 Å². The number of rotatable bonds is 4. The van der Waals surface area contributed by atoms with Crippen LogP contribution < -0.4 is 5.32 Å². The van der Waals surface area contributed by atoms with E-state index in [1.807, 2.05) is 12.4 Å². The van der Waals surface area contributed by atoms with Gasteiger partial charge in [-0.25, -0.2) is 0 Å². The van der Waals surface area contributed by atoms with E-state index in [0.717, 1.165) is 31.0 Å². The first kappa shape index (κ1) is 18.7. The first-order valence-corrected chi connectivity index (χ1v) is 10.4. The first-order chi connectivity index (χ1) is 13.7. The van der Waals surface area contributed by atoms with Gasteiger partial charge in [-0.1, -0.05) is 32.0 Å². The Morgan fingerprint density at radius 1 is 1.04 bits per heavy atom. The lowest BCUT2D eigenvalue weighted by Crippen LogP contribution is -2.44. The molecule has 0 saturated carbocycles. The van der Waals surface area contributed by atoms with Crippen molar-refractivity contribution < 1.29 is 0 Å². The van der Waals surface area contributed by atoms with Crippen LogP contribution in [0, 0.1) is 0 Å². The third-order valence-electron chi connectivity index (χ3n) is 5.55. The maximum Gasteiger partial charge on any atom is 0.174 e. The van der Waals surface area contributed by atoms with E-state index in [1.165, 1.54) is 28.1 Å². The fourth-order valence-corrected chi connectivity index (χ4v) is 4.38. The van der Waals surface area contributed by atoms with Gasteiger partial charge in [-0.3, -0.25) is 4.98 Å². The van der Waals surface area contributed by atoms with E-state index in [1.54, 1.807) is 0 Å². The Hall–Kier alpha value is -2.66. The van der Waals surface area contributed by atoms with Crippen molar-refractivity contribution in [2.24, 2.45) is 0 Å². The average Bonchev–Trinajstić information content (AvgIpc) is 3.22. The number of thiocarbonyl (C=S) groups is 1. The highest BCUT2D eigenvalue weighted by Gasteiger charge is 2.30. The number of fused-ring (bicyclic) bond motifs is 1. The minimum atomic E-state index is 0.0885. The van der Waals surface area contributed by atoms with Gasteiger partial charge in [0, 0.05) is 43.1 Å². The van der Waals surface area contributed by atoms with Crippen LogP contribution in [0.25, 0.3) is 0 Å². The molecule has 1 N–H and O–H groups in total. The molecule has 0 bridgehead atoms. The lowest BCUT2D eigenvalue weighted by Gasteiger charge is -2.39. The molecule has 1 aliphatic rings. The number of pyridine rings is 1. The number of anilines is 1. The molecule has 4 rings (SSSR count). The van der Waals surface area contributed by atoms with E-state index in [2.05, 4.69) is 82.3 Å². The molecule has 0 unspecified atom stereocenters. The second-order valence-corrected chi connectivity index (χ2v) is 7.48. The number of hydrogen-bond acceptors (Lipinski definition) is 2. The zero-order valence-corrected chi connectivity index (χ0v) is 17.2. The largest absolute Gasteiger partial charge is 0.348 e. The topological polar surface area (TPSA) is 33.1 Å². The van der Waals surface area contributed by atoms with Crippen molar-refractivity contribution >= 4 is 23.0 Å². The Kier molecular flexibility index (Phi) is 5.44. The molecule has 1 aromatic carbocycles.